The van der Waals surface area contributed by atoms with Crippen LogP contribution in [0.4, 0.5) is 0 Å². The predicted octanol–water partition coefficient (Wildman–Crippen LogP) is 0.894. The first-order chi connectivity index (χ1) is 13.1. The van der Waals surface area contributed by atoms with Crippen LogP contribution in [0.2, 0.25) is 0 Å². The Morgan fingerprint density at radius 2 is 1.96 bits per heavy atom. The van der Waals surface area contributed by atoms with E-state index in [2.05, 4.69) is 14.9 Å². The van der Waals surface area contributed by atoms with Crippen LogP contribution in [-0.2, 0) is 29.0 Å². The van der Waals surface area contributed by atoms with Crippen LogP contribution in [0, 0.1) is 0 Å². The largest absolute Gasteiger partial charge is 0.478 e. The zero-order chi connectivity index (χ0) is 18.8. The number of carbonyl (C=O) groups is 2. The monoisotopic (exact) mass is 370 g/mol. The molecule has 142 valence electrons. The Hall–Kier alpha value is -2.71. The molecule has 27 heavy (non-hydrogen) atoms. The smallest absolute Gasteiger partial charge is 0.335 e. The maximum atomic E-state index is 13.1. The number of imidazole rings is 1. The molecule has 0 aliphatic carbocycles. The number of carboxylic acid groups (broad SMARTS) is 1. The molecule has 8 heteroatoms. The van der Waals surface area contributed by atoms with Gasteiger partial charge in [0.15, 0.2) is 0 Å². The number of benzene rings is 1. The van der Waals surface area contributed by atoms with Crippen molar-refractivity contribution in [1.82, 2.24) is 19.8 Å². The highest BCUT2D eigenvalue weighted by Gasteiger charge is 2.35. The highest BCUT2D eigenvalue weighted by atomic mass is 16.5. The fourth-order valence-electron chi connectivity index (χ4n) is 3.68. The van der Waals surface area contributed by atoms with E-state index < -0.39 is 5.97 Å². The molecule has 2 aliphatic heterocycles. The Bertz CT molecular complexity index is 826. The van der Waals surface area contributed by atoms with Crippen LogP contribution in [0.15, 0.2) is 30.6 Å². The number of ether oxygens (including phenoxy) is 1. The van der Waals surface area contributed by atoms with Crippen LogP contribution in [0.3, 0.4) is 0 Å². The van der Waals surface area contributed by atoms with E-state index >= 15 is 0 Å². The number of rotatable bonds is 4. The third kappa shape index (κ3) is 3.72. The first-order valence-corrected chi connectivity index (χ1v) is 9.06. The van der Waals surface area contributed by atoms with Gasteiger partial charge < -0.3 is 19.7 Å². The number of carbonyl (C=O) groups excluding carboxylic acids is 1. The Kier molecular flexibility index (Phi) is 4.91. The zero-order valence-electron chi connectivity index (χ0n) is 14.9. The van der Waals surface area contributed by atoms with Crippen molar-refractivity contribution < 1.29 is 19.4 Å². The molecule has 0 spiro atoms. The molecule has 0 radical (unpaired) electrons. The van der Waals surface area contributed by atoms with E-state index in [9.17, 15) is 9.59 Å². The van der Waals surface area contributed by atoms with Gasteiger partial charge in [-0.25, -0.2) is 9.78 Å². The van der Waals surface area contributed by atoms with Gasteiger partial charge in [-0.05, 0) is 17.7 Å². The predicted molar refractivity (Wildman–Crippen MR) is 96.1 cm³/mol. The number of fused-ring (bicyclic) bond motifs is 1. The molecule has 1 atom stereocenters. The first kappa shape index (κ1) is 17.7. The molecule has 4 rings (SSSR count). The second-order valence-electron chi connectivity index (χ2n) is 6.89. The molecule has 2 aliphatic rings. The summed E-state index contributed by atoms with van der Waals surface area (Å²) in [5, 5.41) is 9.06. The second kappa shape index (κ2) is 7.50. The van der Waals surface area contributed by atoms with E-state index in [4.69, 9.17) is 9.84 Å². The molecule has 1 aromatic heterocycles. The van der Waals surface area contributed by atoms with E-state index in [1.807, 2.05) is 17.0 Å². The van der Waals surface area contributed by atoms with Crippen molar-refractivity contribution in [3.8, 4) is 0 Å². The van der Waals surface area contributed by atoms with Gasteiger partial charge in [-0.15, -0.1) is 0 Å². The van der Waals surface area contributed by atoms with Crippen molar-refractivity contribution in [3.63, 3.8) is 0 Å². The number of carboxylic acids is 1. The maximum Gasteiger partial charge on any atom is 0.335 e. The Labute approximate surface area is 156 Å². The lowest BCUT2D eigenvalue weighted by molar-refractivity contribution is -0.142. The lowest BCUT2D eigenvalue weighted by Crippen LogP contribution is -2.53. The van der Waals surface area contributed by atoms with Gasteiger partial charge in [-0.2, -0.15) is 0 Å². The second-order valence-corrected chi connectivity index (χ2v) is 6.89. The van der Waals surface area contributed by atoms with E-state index in [-0.39, 0.29) is 17.5 Å². The molecule has 0 bridgehead atoms. The average Bonchev–Trinajstić information content (AvgIpc) is 3.15. The summed E-state index contributed by atoms with van der Waals surface area (Å²) in [7, 11) is 0. The summed E-state index contributed by atoms with van der Waals surface area (Å²) < 4.78 is 5.36. The summed E-state index contributed by atoms with van der Waals surface area (Å²) in [5.41, 5.74) is 3.21. The summed E-state index contributed by atoms with van der Waals surface area (Å²) >= 11 is 0. The number of morpholine rings is 1. The lowest BCUT2D eigenvalue weighted by Gasteiger charge is -2.38. The number of aromatic carboxylic acids is 1. The number of H-pyrrole nitrogens is 1. The Morgan fingerprint density at radius 3 is 2.67 bits per heavy atom. The number of amides is 1. The van der Waals surface area contributed by atoms with Gasteiger partial charge in [-0.3, -0.25) is 9.69 Å². The third-order valence-electron chi connectivity index (χ3n) is 5.19. The van der Waals surface area contributed by atoms with E-state index in [0.29, 0.717) is 45.8 Å². The molecule has 0 unspecified atom stereocenters. The van der Waals surface area contributed by atoms with E-state index in [0.717, 1.165) is 17.0 Å². The molecule has 2 N–H and O–H groups in total. The molecule has 3 heterocycles. The minimum Gasteiger partial charge on any atom is -0.478 e. The van der Waals surface area contributed by atoms with Crippen LogP contribution < -0.4 is 0 Å². The topological polar surface area (TPSA) is 98.8 Å². The van der Waals surface area contributed by atoms with Crippen LogP contribution in [0.1, 0.15) is 27.3 Å². The van der Waals surface area contributed by atoms with Crippen molar-refractivity contribution in [2.75, 3.05) is 26.3 Å². The van der Waals surface area contributed by atoms with Gasteiger partial charge in [-0.1, -0.05) is 12.1 Å². The number of hydrogen-bond donors (Lipinski definition) is 2. The quantitative estimate of drug-likeness (QED) is 0.830. The Morgan fingerprint density at radius 1 is 1.22 bits per heavy atom. The van der Waals surface area contributed by atoms with Gasteiger partial charge in [0.2, 0.25) is 5.91 Å². The van der Waals surface area contributed by atoms with Crippen molar-refractivity contribution in [2.45, 2.75) is 25.6 Å². The summed E-state index contributed by atoms with van der Waals surface area (Å²) in [4.78, 5) is 35.7. The molecule has 2 aromatic rings. The van der Waals surface area contributed by atoms with Crippen LogP contribution in [0.25, 0.3) is 0 Å². The van der Waals surface area contributed by atoms with Gasteiger partial charge in [0.05, 0.1) is 42.5 Å². The van der Waals surface area contributed by atoms with E-state index in [1.54, 1.807) is 18.5 Å². The zero-order valence-corrected chi connectivity index (χ0v) is 14.9. The molecule has 1 amide bonds. The highest BCUT2D eigenvalue weighted by Crippen LogP contribution is 2.24. The molecular weight excluding hydrogens is 348 g/mol. The van der Waals surface area contributed by atoms with Gasteiger partial charge in [0.25, 0.3) is 0 Å². The molecule has 8 nitrogen and oxygen atoms in total. The molecular formula is C19H22N4O4. The summed E-state index contributed by atoms with van der Waals surface area (Å²) in [6.07, 6.45) is 2.24. The van der Waals surface area contributed by atoms with Crippen molar-refractivity contribution in [2.24, 2.45) is 0 Å². The fraction of sp³-hybridized carbons (Fsp3) is 0.421. The third-order valence-corrected chi connectivity index (χ3v) is 5.19. The maximum absolute atomic E-state index is 13.1. The van der Waals surface area contributed by atoms with Crippen molar-refractivity contribution in [3.05, 3.63) is 53.1 Å². The fourth-order valence-corrected chi connectivity index (χ4v) is 3.68. The number of hydrogen-bond acceptors (Lipinski definition) is 5. The number of aromatic nitrogens is 2. The molecule has 1 saturated heterocycles. The number of aromatic amines is 1. The number of nitrogens with one attached hydrogen (secondary N) is 1. The standard InChI is InChI=1S/C19H22N4O4/c24-18(22-5-7-27-8-6-22)17-9-15-16(21-12-20-15)11-23(17)10-13-1-3-14(4-2-13)19(25)26/h1-4,12,17H,5-11H2,(H,20,21)(H,25,26)/t17-/m0/s1. The molecule has 0 saturated carbocycles. The van der Waals surface area contributed by atoms with E-state index in [1.165, 1.54) is 0 Å². The van der Waals surface area contributed by atoms with Crippen molar-refractivity contribution in [1.29, 1.82) is 0 Å². The van der Waals surface area contributed by atoms with Crippen LogP contribution >= 0.6 is 0 Å². The van der Waals surface area contributed by atoms with Gasteiger partial charge in [0.1, 0.15) is 0 Å². The minimum atomic E-state index is -0.943. The summed E-state index contributed by atoms with van der Waals surface area (Å²) in [5.74, 6) is -0.837. The van der Waals surface area contributed by atoms with Gasteiger partial charge >= 0.3 is 5.97 Å². The van der Waals surface area contributed by atoms with Crippen molar-refractivity contribution >= 4 is 11.9 Å². The SMILES string of the molecule is O=C(O)c1ccc(CN2Cc3[nH]cnc3C[C@H]2C(=O)N2CCOCC2)cc1. The van der Waals surface area contributed by atoms with Crippen LogP contribution in [-0.4, -0.2) is 69.1 Å². The summed E-state index contributed by atoms with van der Waals surface area (Å²) in [6, 6.07) is 6.53. The first-order valence-electron chi connectivity index (χ1n) is 9.06. The average molecular weight is 370 g/mol. The lowest BCUT2D eigenvalue weighted by atomic mass is 9.99. The Balaban J connectivity index is 1.55. The molecule has 1 fully saturated rings. The van der Waals surface area contributed by atoms with Gasteiger partial charge in [0, 0.05) is 32.6 Å². The normalized spacial score (nSPS) is 20.3. The van der Waals surface area contributed by atoms with Crippen LogP contribution in [0.5, 0.6) is 0 Å². The minimum absolute atomic E-state index is 0.106. The number of nitrogens with zero attached hydrogens (tertiary/aromatic N) is 3. The summed E-state index contributed by atoms with van der Waals surface area (Å²) in [6.45, 7) is 3.55. The molecule has 1 aromatic carbocycles. The highest BCUT2D eigenvalue weighted by molar-refractivity contribution is 5.87.